The highest BCUT2D eigenvalue weighted by atomic mass is 35.5. The van der Waals surface area contributed by atoms with Crippen LogP contribution in [0.2, 0.25) is 5.02 Å². The van der Waals surface area contributed by atoms with Crippen LogP contribution in [0.15, 0.2) is 24.3 Å². The van der Waals surface area contributed by atoms with Gasteiger partial charge in [0.1, 0.15) is 0 Å². The highest BCUT2D eigenvalue weighted by Crippen LogP contribution is 2.27. The minimum Gasteiger partial charge on any atom is -0.341 e. The van der Waals surface area contributed by atoms with Gasteiger partial charge in [0.05, 0.1) is 6.54 Å². The van der Waals surface area contributed by atoms with Crippen LogP contribution in [0.25, 0.3) is 0 Å². The third-order valence-electron chi connectivity index (χ3n) is 4.20. The fourth-order valence-electron chi connectivity index (χ4n) is 2.78. The van der Waals surface area contributed by atoms with Crippen LogP contribution in [0, 0.1) is 5.41 Å². The van der Waals surface area contributed by atoms with Gasteiger partial charge in [0, 0.05) is 34.3 Å². The second-order valence-corrected chi connectivity index (χ2v) is 8.43. The Bertz CT molecular complexity index is 819. The molecule has 0 aliphatic rings. The molecule has 0 aliphatic heterocycles. The summed E-state index contributed by atoms with van der Waals surface area (Å²) in [6, 6.07) is 6.64. The van der Waals surface area contributed by atoms with Gasteiger partial charge in [0.25, 0.3) is 5.91 Å². The second-order valence-electron chi connectivity index (χ2n) is 7.99. The van der Waals surface area contributed by atoms with E-state index in [-0.39, 0.29) is 17.7 Å². The zero-order valence-corrected chi connectivity index (χ0v) is 17.4. The SMILES string of the molecule is CC(C)c1[nH]nc(NC(=O)c2ccc(Cl)cc2)c1CN(C)C(=O)C(C)(C)C. The third-order valence-corrected chi connectivity index (χ3v) is 4.45. The van der Waals surface area contributed by atoms with E-state index in [1.165, 1.54) is 0 Å². The van der Waals surface area contributed by atoms with Crippen molar-refractivity contribution in [2.75, 3.05) is 12.4 Å². The summed E-state index contributed by atoms with van der Waals surface area (Å²) < 4.78 is 0. The van der Waals surface area contributed by atoms with Gasteiger partial charge >= 0.3 is 0 Å². The molecule has 1 heterocycles. The molecule has 0 fully saturated rings. The van der Waals surface area contributed by atoms with Crippen LogP contribution in [0.5, 0.6) is 0 Å². The van der Waals surface area contributed by atoms with Gasteiger partial charge in [-0.3, -0.25) is 14.7 Å². The number of benzene rings is 1. The number of nitrogens with one attached hydrogen (secondary N) is 2. The highest BCUT2D eigenvalue weighted by molar-refractivity contribution is 6.30. The molecule has 2 aromatic rings. The van der Waals surface area contributed by atoms with Crippen LogP contribution in [0.3, 0.4) is 0 Å². The zero-order chi connectivity index (χ0) is 20.4. The summed E-state index contributed by atoms with van der Waals surface area (Å²) in [5.74, 6) is 0.354. The van der Waals surface area contributed by atoms with Crippen LogP contribution in [0.1, 0.15) is 62.2 Å². The first-order valence-electron chi connectivity index (χ1n) is 8.90. The number of aromatic nitrogens is 2. The smallest absolute Gasteiger partial charge is 0.256 e. The number of halogens is 1. The summed E-state index contributed by atoms with van der Waals surface area (Å²) in [6.07, 6.45) is 0. The number of H-pyrrole nitrogens is 1. The molecule has 0 bridgehead atoms. The molecule has 0 saturated carbocycles. The lowest BCUT2D eigenvalue weighted by Crippen LogP contribution is -2.36. The highest BCUT2D eigenvalue weighted by Gasteiger charge is 2.27. The van der Waals surface area contributed by atoms with Gasteiger partial charge in [-0.25, -0.2) is 0 Å². The van der Waals surface area contributed by atoms with E-state index >= 15 is 0 Å². The first-order valence-corrected chi connectivity index (χ1v) is 9.28. The molecule has 1 aromatic carbocycles. The van der Waals surface area contributed by atoms with E-state index in [9.17, 15) is 9.59 Å². The van der Waals surface area contributed by atoms with Crippen LogP contribution in [0.4, 0.5) is 5.82 Å². The lowest BCUT2D eigenvalue weighted by Gasteiger charge is -2.26. The summed E-state index contributed by atoms with van der Waals surface area (Å²) in [5, 5.41) is 10.7. The summed E-state index contributed by atoms with van der Waals surface area (Å²) in [7, 11) is 1.76. The number of aromatic amines is 1. The van der Waals surface area contributed by atoms with Gasteiger partial charge in [-0.15, -0.1) is 0 Å². The third kappa shape index (κ3) is 5.10. The first kappa shape index (κ1) is 21.0. The molecule has 1 aromatic heterocycles. The van der Waals surface area contributed by atoms with E-state index in [1.54, 1.807) is 36.2 Å². The average Bonchev–Trinajstić information content (AvgIpc) is 2.96. The summed E-state index contributed by atoms with van der Waals surface area (Å²) >= 11 is 5.88. The lowest BCUT2D eigenvalue weighted by atomic mass is 9.94. The van der Waals surface area contributed by atoms with Crippen LogP contribution in [-0.4, -0.2) is 34.0 Å². The molecular weight excluding hydrogens is 364 g/mol. The van der Waals surface area contributed by atoms with Crippen molar-refractivity contribution >= 4 is 29.2 Å². The molecule has 146 valence electrons. The molecule has 0 radical (unpaired) electrons. The van der Waals surface area contributed by atoms with Crippen molar-refractivity contribution < 1.29 is 9.59 Å². The largest absolute Gasteiger partial charge is 0.341 e. The normalized spacial score (nSPS) is 11.6. The predicted octanol–water partition coefficient (Wildman–Crippen LogP) is 4.44. The molecule has 2 N–H and O–H groups in total. The molecule has 2 amide bonds. The summed E-state index contributed by atoms with van der Waals surface area (Å²) in [4.78, 5) is 26.8. The van der Waals surface area contributed by atoms with E-state index in [4.69, 9.17) is 11.6 Å². The Kier molecular flexibility index (Phi) is 6.31. The Balaban J connectivity index is 2.28. The Morgan fingerprint density at radius 3 is 2.33 bits per heavy atom. The van der Waals surface area contributed by atoms with Crippen molar-refractivity contribution in [3.05, 3.63) is 46.1 Å². The maximum Gasteiger partial charge on any atom is 0.256 e. The van der Waals surface area contributed by atoms with Gasteiger partial charge in [-0.1, -0.05) is 46.2 Å². The van der Waals surface area contributed by atoms with E-state index in [0.29, 0.717) is 22.9 Å². The Labute approximate surface area is 165 Å². The van der Waals surface area contributed by atoms with E-state index in [1.807, 2.05) is 34.6 Å². The van der Waals surface area contributed by atoms with Crippen LogP contribution in [-0.2, 0) is 11.3 Å². The Hall–Kier alpha value is -2.34. The van der Waals surface area contributed by atoms with Crippen molar-refractivity contribution in [3.63, 3.8) is 0 Å². The van der Waals surface area contributed by atoms with Crippen molar-refractivity contribution in [2.24, 2.45) is 5.41 Å². The van der Waals surface area contributed by atoms with E-state index in [2.05, 4.69) is 15.5 Å². The van der Waals surface area contributed by atoms with Gasteiger partial charge < -0.3 is 10.2 Å². The molecule has 27 heavy (non-hydrogen) atoms. The quantitative estimate of drug-likeness (QED) is 0.791. The molecule has 6 nitrogen and oxygen atoms in total. The van der Waals surface area contributed by atoms with Gasteiger partial charge in [-0.05, 0) is 30.2 Å². The molecule has 0 unspecified atom stereocenters. The Morgan fingerprint density at radius 1 is 1.22 bits per heavy atom. The monoisotopic (exact) mass is 390 g/mol. The average molecular weight is 391 g/mol. The zero-order valence-electron chi connectivity index (χ0n) is 16.7. The first-order chi connectivity index (χ1) is 12.5. The predicted molar refractivity (Wildman–Crippen MR) is 108 cm³/mol. The van der Waals surface area contributed by atoms with Crippen LogP contribution >= 0.6 is 11.6 Å². The van der Waals surface area contributed by atoms with Crippen molar-refractivity contribution in [1.82, 2.24) is 15.1 Å². The molecular formula is C20H27ClN4O2. The molecule has 2 rings (SSSR count). The number of carbonyl (C=O) groups is 2. The van der Waals surface area contributed by atoms with Gasteiger partial charge in [-0.2, -0.15) is 5.10 Å². The molecule has 0 aliphatic carbocycles. The number of anilines is 1. The summed E-state index contributed by atoms with van der Waals surface area (Å²) in [5.41, 5.74) is 1.71. The van der Waals surface area contributed by atoms with Crippen molar-refractivity contribution in [1.29, 1.82) is 0 Å². The minimum absolute atomic E-state index is 0.0217. The number of carbonyl (C=O) groups excluding carboxylic acids is 2. The van der Waals surface area contributed by atoms with E-state index in [0.717, 1.165) is 11.3 Å². The fourth-order valence-corrected chi connectivity index (χ4v) is 2.91. The summed E-state index contributed by atoms with van der Waals surface area (Å²) in [6.45, 7) is 10.1. The maximum atomic E-state index is 12.6. The molecule has 7 heteroatoms. The fraction of sp³-hybridized carbons (Fsp3) is 0.450. The van der Waals surface area contributed by atoms with Crippen molar-refractivity contribution in [3.8, 4) is 0 Å². The second kappa shape index (κ2) is 8.13. The minimum atomic E-state index is -0.483. The van der Waals surface area contributed by atoms with Crippen LogP contribution < -0.4 is 5.32 Å². The molecule has 0 atom stereocenters. The van der Waals surface area contributed by atoms with Gasteiger partial charge in [0.15, 0.2) is 5.82 Å². The maximum absolute atomic E-state index is 12.6. The number of hydrogen-bond acceptors (Lipinski definition) is 3. The topological polar surface area (TPSA) is 78.1 Å². The Morgan fingerprint density at radius 2 is 1.81 bits per heavy atom. The number of amides is 2. The van der Waals surface area contributed by atoms with Crippen molar-refractivity contribution in [2.45, 2.75) is 47.1 Å². The van der Waals surface area contributed by atoms with Gasteiger partial charge in [0.2, 0.25) is 5.91 Å². The number of nitrogens with zero attached hydrogens (tertiary/aromatic N) is 2. The lowest BCUT2D eigenvalue weighted by molar-refractivity contribution is -0.138. The standard InChI is InChI=1S/C20H27ClN4O2/c1-12(2)16-15(11-25(6)19(27)20(3,4)5)17(24-23-16)22-18(26)13-7-9-14(21)10-8-13/h7-10,12H,11H2,1-6H3,(H2,22,23,24,26). The molecule has 0 saturated heterocycles. The van der Waals surface area contributed by atoms with E-state index < -0.39 is 5.41 Å². The molecule has 0 spiro atoms. The number of rotatable bonds is 5. The number of hydrogen-bond donors (Lipinski definition) is 2.